The Morgan fingerprint density at radius 3 is 2.11 bits per heavy atom. The van der Waals surface area contributed by atoms with E-state index in [1.807, 2.05) is 0 Å². The Bertz CT molecular complexity index is 664. The van der Waals surface area contributed by atoms with Crippen LogP contribution in [0.3, 0.4) is 0 Å². The van der Waals surface area contributed by atoms with Gasteiger partial charge in [0.15, 0.2) is 5.78 Å². The van der Waals surface area contributed by atoms with Crippen LogP contribution < -0.4 is 5.73 Å². The van der Waals surface area contributed by atoms with Gasteiger partial charge in [0.1, 0.15) is 5.75 Å². The minimum Gasteiger partial charge on any atom is -0.505 e. The molecule has 0 aromatic heterocycles. The number of carbonyl (C=O) groups excluding carboxylic acids is 1. The number of phenols is 1. The molecule has 2 rings (SSSR count). The molecule has 0 unspecified atom stereocenters. The zero-order valence-corrected chi connectivity index (χ0v) is 9.83. The molecule has 0 amide bonds. The van der Waals surface area contributed by atoms with Gasteiger partial charge in [-0.1, -0.05) is 24.3 Å². The van der Waals surface area contributed by atoms with E-state index in [1.54, 1.807) is 6.07 Å². The largest absolute Gasteiger partial charge is 0.505 e. The van der Waals surface area contributed by atoms with Crippen molar-refractivity contribution in [1.82, 2.24) is 0 Å². The normalized spacial score (nSPS) is 10.1. The second kappa shape index (κ2) is 4.81. The molecule has 0 saturated heterocycles. The monoisotopic (exact) mass is 257 g/mol. The van der Waals surface area contributed by atoms with Crippen LogP contribution in [0.4, 0.5) is 5.69 Å². The van der Waals surface area contributed by atoms with Gasteiger partial charge >= 0.3 is 5.97 Å². The number of benzene rings is 2. The van der Waals surface area contributed by atoms with Gasteiger partial charge in [-0.2, -0.15) is 0 Å². The van der Waals surface area contributed by atoms with Crippen LogP contribution in [0.25, 0.3) is 0 Å². The van der Waals surface area contributed by atoms with E-state index < -0.39 is 11.8 Å². The highest BCUT2D eigenvalue weighted by Gasteiger charge is 2.20. The first-order valence-electron chi connectivity index (χ1n) is 5.47. The molecule has 0 atom stereocenters. The molecule has 19 heavy (non-hydrogen) atoms. The lowest BCUT2D eigenvalue weighted by atomic mass is 9.97. The molecule has 0 aliphatic carbocycles. The van der Waals surface area contributed by atoms with E-state index in [-0.39, 0.29) is 28.1 Å². The number of hydrogen-bond acceptors (Lipinski definition) is 4. The van der Waals surface area contributed by atoms with Gasteiger partial charge in [0.05, 0.1) is 16.8 Å². The van der Waals surface area contributed by atoms with Gasteiger partial charge in [-0.3, -0.25) is 4.79 Å². The topological polar surface area (TPSA) is 101 Å². The fourth-order valence-corrected chi connectivity index (χ4v) is 1.76. The van der Waals surface area contributed by atoms with E-state index in [0.717, 1.165) is 0 Å². The van der Waals surface area contributed by atoms with Gasteiger partial charge < -0.3 is 15.9 Å². The van der Waals surface area contributed by atoms with Crippen molar-refractivity contribution in [2.45, 2.75) is 0 Å². The lowest BCUT2D eigenvalue weighted by Crippen LogP contribution is -2.10. The Morgan fingerprint density at radius 2 is 1.47 bits per heavy atom. The number of phenolic OH excluding ortho intramolecular Hbond substituents is 1. The minimum atomic E-state index is -1.20. The maximum absolute atomic E-state index is 12.3. The van der Waals surface area contributed by atoms with E-state index in [2.05, 4.69) is 0 Å². The van der Waals surface area contributed by atoms with E-state index in [9.17, 15) is 14.7 Å². The number of para-hydroxylation sites is 1. The lowest BCUT2D eigenvalue weighted by Gasteiger charge is -2.08. The van der Waals surface area contributed by atoms with Crippen LogP contribution in [-0.4, -0.2) is 22.0 Å². The summed E-state index contributed by atoms with van der Waals surface area (Å²) in [5.74, 6) is -2.12. The molecule has 2 aromatic rings. The maximum Gasteiger partial charge on any atom is 0.336 e. The Balaban J connectivity index is 2.57. The molecular weight excluding hydrogens is 246 g/mol. The molecule has 5 heteroatoms. The maximum atomic E-state index is 12.3. The van der Waals surface area contributed by atoms with Crippen LogP contribution in [0.15, 0.2) is 42.5 Å². The summed E-state index contributed by atoms with van der Waals surface area (Å²) in [6.45, 7) is 0. The van der Waals surface area contributed by atoms with Gasteiger partial charge in [0, 0.05) is 5.56 Å². The molecule has 0 bridgehead atoms. The molecule has 0 aliphatic rings. The van der Waals surface area contributed by atoms with Crippen molar-refractivity contribution in [3.05, 3.63) is 59.2 Å². The average Bonchev–Trinajstić information content (AvgIpc) is 2.41. The summed E-state index contributed by atoms with van der Waals surface area (Å²) in [5.41, 5.74) is 5.46. The first kappa shape index (κ1) is 12.6. The first-order chi connectivity index (χ1) is 9.02. The third-order valence-corrected chi connectivity index (χ3v) is 2.71. The van der Waals surface area contributed by atoms with Crippen LogP contribution >= 0.6 is 0 Å². The molecule has 0 aliphatic heterocycles. The number of anilines is 1. The van der Waals surface area contributed by atoms with E-state index in [4.69, 9.17) is 10.8 Å². The SMILES string of the molecule is Nc1cccc(C(=O)c2ccccc2C(=O)O)c1O. The summed E-state index contributed by atoms with van der Waals surface area (Å²) < 4.78 is 0. The van der Waals surface area contributed by atoms with Crippen molar-refractivity contribution in [2.75, 3.05) is 5.73 Å². The summed E-state index contributed by atoms with van der Waals surface area (Å²) in [4.78, 5) is 23.3. The van der Waals surface area contributed by atoms with Gasteiger partial charge in [0.2, 0.25) is 0 Å². The minimum absolute atomic E-state index is 0.0101. The molecule has 4 N–H and O–H groups in total. The van der Waals surface area contributed by atoms with Crippen molar-refractivity contribution in [3.63, 3.8) is 0 Å². The van der Waals surface area contributed by atoms with Gasteiger partial charge in [-0.05, 0) is 18.2 Å². The highest BCUT2D eigenvalue weighted by molar-refractivity contribution is 6.15. The number of aromatic carboxylic acids is 1. The molecule has 0 spiro atoms. The molecule has 2 aromatic carbocycles. The van der Waals surface area contributed by atoms with Crippen LogP contribution in [0.1, 0.15) is 26.3 Å². The number of aromatic hydroxyl groups is 1. The summed E-state index contributed by atoms with van der Waals surface area (Å²) in [5, 5.41) is 18.8. The number of carbonyl (C=O) groups is 2. The first-order valence-corrected chi connectivity index (χ1v) is 5.47. The summed E-state index contributed by atoms with van der Waals surface area (Å²) in [7, 11) is 0. The number of ketones is 1. The number of carboxylic acid groups (broad SMARTS) is 1. The van der Waals surface area contributed by atoms with Gasteiger partial charge in [0.25, 0.3) is 0 Å². The summed E-state index contributed by atoms with van der Waals surface area (Å²) >= 11 is 0. The summed E-state index contributed by atoms with van der Waals surface area (Å²) in [6.07, 6.45) is 0. The molecular formula is C14H11NO4. The average molecular weight is 257 g/mol. The van der Waals surface area contributed by atoms with Crippen molar-refractivity contribution >= 4 is 17.4 Å². The lowest BCUT2D eigenvalue weighted by molar-refractivity contribution is 0.0692. The van der Waals surface area contributed by atoms with Crippen molar-refractivity contribution in [1.29, 1.82) is 0 Å². The molecule has 96 valence electrons. The molecule has 5 nitrogen and oxygen atoms in total. The predicted octanol–water partition coefficient (Wildman–Crippen LogP) is 1.90. The van der Waals surface area contributed by atoms with Gasteiger partial charge in [-0.25, -0.2) is 4.79 Å². The number of nitrogen functional groups attached to an aromatic ring is 1. The van der Waals surface area contributed by atoms with Crippen LogP contribution in [-0.2, 0) is 0 Å². The smallest absolute Gasteiger partial charge is 0.336 e. The molecule has 0 heterocycles. The third kappa shape index (κ3) is 2.26. The zero-order chi connectivity index (χ0) is 14.0. The van der Waals surface area contributed by atoms with E-state index >= 15 is 0 Å². The third-order valence-electron chi connectivity index (χ3n) is 2.71. The molecule has 0 fully saturated rings. The predicted molar refractivity (Wildman–Crippen MR) is 69.4 cm³/mol. The Morgan fingerprint density at radius 1 is 0.895 bits per heavy atom. The summed E-state index contributed by atoms with van der Waals surface area (Å²) in [6, 6.07) is 10.2. The number of hydrogen-bond donors (Lipinski definition) is 3. The van der Waals surface area contributed by atoms with Crippen LogP contribution in [0, 0.1) is 0 Å². The van der Waals surface area contributed by atoms with Crippen molar-refractivity contribution < 1.29 is 19.8 Å². The molecule has 0 saturated carbocycles. The van der Waals surface area contributed by atoms with E-state index in [0.29, 0.717) is 0 Å². The van der Waals surface area contributed by atoms with Crippen molar-refractivity contribution in [2.24, 2.45) is 0 Å². The standard InChI is InChI=1S/C14H11NO4/c15-11-7-3-6-10(13(11)17)12(16)8-4-1-2-5-9(8)14(18)19/h1-7,17H,15H2,(H,18,19). The zero-order valence-electron chi connectivity index (χ0n) is 9.83. The molecule has 0 radical (unpaired) electrons. The van der Waals surface area contributed by atoms with E-state index in [1.165, 1.54) is 36.4 Å². The Kier molecular flexibility index (Phi) is 3.20. The van der Waals surface area contributed by atoms with Crippen LogP contribution in [0.2, 0.25) is 0 Å². The Labute approximate surface area is 108 Å². The second-order valence-corrected chi connectivity index (χ2v) is 3.92. The highest BCUT2D eigenvalue weighted by atomic mass is 16.4. The van der Waals surface area contributed by atoms with Gasteiger partial charge in [-0.15, -0.1) is 0 Å². The number of nitrogens with two attached hydrogens (primary N) is 1. The number of rotatable bonds is 3. The van der Waals surface area contributed by atoms with Crippen LogP contribution in [0.5, 0.6) is 5.75 Å². The second-order valence-electron chi connectivity index (χ2n) is 3.92. The Hall–Kier alpha value is -2.82. The fourth-order valence-electron chi connectivity index (χ4n) is 1.76. The highest BCUT2D eigenvalue weighted by Crippen LogP contribution is 2.27. The number of carboxylic acids is 1. The fraction of sp³-hybridized carbons (Fsp3) is 0. The van der Waals surface area contributed by atoms with Crippen molar-refractivity contribution in [3.8, 4) is 5.75 Å². The quantitative estimate of drug-likeness (QED) is 0.443.